The molecule has 0 atom stereocenters. The summed E-state index contributed by atoms with van der Waals surface area (Å²) in [5.74, 6) is 0.702. The second-order valence-electron chi connectivity index (χ2n) is 1.95. The summed E-state index contributed by atoms with van der Waals surface area (Å²) in [6, 6.07) is 0. The first-order valence-electron chi connectivity index (χ1n) is 2.95. The summed E-state index contributed by atoms with van der Waals surface area (Å²) in [7, 11) is 0. The third-order valence-corrected chi connectivity index (χ3v) is 1.76. The van der Waals surface area contributed by atoms with Crippen LogP contribution in [-0.2, 0) is 0 Å². The van der Waals surface area contributed by atoms with E-state index in [9.17, 15) is 0 Å². The molecule has 0 aliphatic rings. The van der Waals surface area contributed by atoms with E-state index in [-0.39, 0.29) is 0 Å². The van der Waals surface area contributed by atoms with Gasteiger partial charge < -0.3 is 4.42 Å². The van der Waals surface area contributed by atoms with Crippen LogP contribution in [0, 0.1) is 3.57 Å². The normalized spacial score (nSPS) is 10.3. The van der Waals surface area contributed by atoms with Gasteiger partial charge in [-0.2, -0.15) is 10.1 Å². The van der Waals surface area contributed by atoms with E-state index in [1.165, 1.54) is 6.39 Å². The molecule has 0 N–H and O–H groups in total. The lowest BCUT2D eigenvalue weighted by atomic mass is 10.7. The Morgan fingerprint density at radius 3 is 3.00 bits per heavy atom. The molecule has 5 heteroatoms. The van der Waals surface area contributed by atoms with Crippen molar-refractivity contribution in [3.63, 3.8) is 0 Å². The van der Waals surface area contributed by atoms with Crippen molar-refractivity contribution in [1.82, 2.24) is 14.8 Å². The molecule has 0 saturated heterocycles. The number of hydrogen-bond acceptors (Lipinski definition) is 3. The quantitative estimate of drug-likeness (QED) is 0.730. The fraction of sp³-hybridized carbons (Fsp3) is 0. The van der Waals surface area contributed by atoms with Crippen molar-refractivity contribution in [3.05, 3.63) is 28.6 Å². The molecule has 2 aromatic rings. The molecule has 2 heterocycles. The first kappa shape index (κ1) is 6.84. The van der Waals surface area contributed by atoms with Crippen molar-refractivity contribution in [3.8, 4) is 5.82 Å². The number of rotatable bonds is 1. The third kappa shape index (κ3) is 1.28. The minimum absolute atomic E-state index is 0.702. The number of aromatic nitrogens is 3. The zero-order valence-electron chi connectivity index (χ0n) is 5.44. The Hall–Kier alpha value is -0.850. The lowest BCUT2D eigenvalue weighted by molar-refractivity contribution is 0.556. The maximum atomic E-state index is 4.80. The first-order valence-corrected chi connectivity index (χ1v) is 4.03. The molecule has 4 nitrogen and oxygen atoms in total. The van der Waals surface area contributed by atoms with Gasteiger partial charge in [-0.05, 0) is 22.6 Å². The summed E-state index contributed by atoms with van der Waals surface area (Å²) in [6.07, 6.45) is 6.56. The van der Waals surface area contributed by atoms with E-state index in [2.05, 4.69) is 32.7 Å². The molecule has 0 radical (unpaired) electrons. The van der Waals surface area contributed by atoms with Crippen LogP contribution in [0.5, 0.6) is 0 Å². The molecule has 11 heavy (non-hydrogen) atoms. The van der Waals surface area contributed by atoms with Crippen molar-refractivity contribution < 1.29 is 4.42 Å². The van der Waals surface area contributed by atoms with Crippen LogP contribution in [0.25, 0.3) is 5.82 Å². The fourth-order valence-electron chi connectivity index (χ4n) is 0.745. The standard InChI is InChI=1S/C6H4IN3O/c7-5-1-9-10(2-5)6-3-11-4-8-6/h1-4H. The van der Waals surface area contributed by atoms with Gasteiger partial charge in [0.2, 0.25) is 0 Å². The van der Waals surface area contributed by atoms with E-state index in [4.69, 9.17) is 4.42 Å². The molecule has 2 aromatic heterocycles. The van der Waals surface area contributed by atoms with Crippen LogP contribution in [0.15, 0.2) is 29.5 Å². The van der Waals surface area contributed by atoms with E-state index in [1.807, 2.05) is 6.20 Å². The topological polar surface area (TPSA) is 43.9 Å². The lowest BCUT2D eigenvalue weighted by Crippen LogP contribution is -1.92. The zero-order chi connectivity index (χ0) is 7.68. The summed E-state index contributed by atoms with van der Waals surface area (Å²) in [5, 5.41) is 4.04. The van der Waals surface area contributed by atoms with Gasteiger partial charge in [0.05, 0.1) is 9.77 Å². The largest absolute Gasteiger partial charge is 0.449 e. The van der Waals surface area contributed by atoms with Crippen LogP contribution in [0.4, 0.5) is 0 Å². The van der Waals surface area contributed by atoms with E-state index in [0.29, 0.717) is 5.82 Å². The van der Waals surface area contributed by atoms with Gasteiger partial charge in [-0.3, -0.25) is 0 Å². The Balaban J connectivity index is 2.45. The SMILES string of the molecule is Ic1cnn(-c2cocn2)c1. The molecule has 0 fully saturated rings. The molecule has 0 saturated carbocycles. The highest BCUT2D eigenvalue weighted by Crippen LogP contribution is 2.06. The van der Waals surface area contributed by atoms with E-state index < -0.39 is 0 Å². The number of hydrogen-bond donors (Lipinski definition) is 0. The van der Waals surface area contributed by atoms with Crippen LogP contribution in [-0.4, -0.2) is 14.8 Å². The number of nitrogens with zero attached hydrogens (tertiary/aromatic N) is 3. The molecule has 0 aliphatic carbocycles. The van der Waals surface area contributed by atoms with Crippen LogP contribution >= 0.6 is 22.6 Å². The Morgan fingerprint density at radius 2 is 2.45 bits per heavy atom. The van der Waals surface area contributed by atoms with Gasteiger partial charge >= 0.3 is 0 Å². The van der Waals surface area contributed by atoms with Gasteiger partial charge in [0.15, 0.2) is 12.2 Å². The second kappa shape index (κ2) is 2.65. The molecule has 0 amide bonds. The second-order valence-corrected chi connectivity index (χ2v) is 3.20. The van der Waals surface area contributed by atoms with Gasteiger partial charge in [-0.25, -0.2) is 4.68 Å². The van der Waals surface area contributed by atoms with Gasteiger partial charge in [0.25, 0.3) is 0 Å². The predicted octanol–water partition coefficient (Wildman–Crippen LogP) is 1.46. The lowest BCUT2D eigenvalue weighted by Gasteiger charge is -1.89. The Bertz CT molecular complexity index is 340. The van der Waals surface area contributed by atoms with E-state index in [1.54, 1.807) is 17.1 Å². The van der Waals surface area contributed by atoms with Gasteiger partial charge in [-0.15, -0.1) is 0 Å². The Morgan fingerprint density at radius 1 is 1.55 bits per heavy atom. The third-order valence-electron chi connectivity index (χ3n) is 1.21. The fourth-order valence-corrected chi connectivity index (χ4v) is 1.13. The monoisotopic (exact) mass is 261 g/mol. The highest BCUT2D eigenvalue weighted by atomic mass is 127. The summed E-state index contributed by atoms with van der Waals surface area (Å²) in [4.78, 5) is 3.93. The minimum atomic E-state index is 0.702. The van der Waals surface area contributed by atoms with Crippen LogP contribution in [0.2, 0.25) is 0 Å². The molecular formula is C6H4IN3O. The number of oxazole rings is 1. The van der Waals surface area contributed by atoms with Crippen molar-refractivity contribution >= 4 is 22.6 Å². The molecule has 56 valence electrons. The average Bonchev–Trinajstić information content (AvgIpc) is 2.55. The Labute approximate surface area is 76.4 Å². The molecule has 0 bridgehead atoms. The molecular weight excluding hydrogens is 257 g/mol. The molecule has 0 spiro atoms. The summed E-state index contributed by atoms with van der Waals surface area (Å²) in [6.45, 7) is 0. The van der Waals surface area contributed by atoms with Crippen LogP contribution in [0.3, 0.4) is 0 Å². The number of halogens is 1. The molecule has 0 aromatic carbocycles. The van der Waals surface area contributed by atoms with E-state index in [0.717, 1.165) is 3.57 Å². The van der Waals surface area contributed by atoms with Gasteiger partial charge in [0.1, 0.15) is 6.26 Å². The zero-order valence-corrected chi connectivity index (χ0v) is 7.59. The molecule has 0 unspecified atom stereocenters. The van der Waals surface area contributed by atoms with Gasteiger partial charge in [-0.1, -0.05) is 0 Å². The highest BCUT2D eigenvalue weighted by Gasteiger charge is 1.99. The van der Waals surface area contributed by atoms with Crippen molar-refractivity contribution in [2.24, 2.45) is 0 Å². The van der Waals surface area contributed by atoms with E-state index >= 15 is 0 Å². The summed E-state index contributed by atoms with van der Waals surface area (Å²) >= 11 is 2.18. The van der Waals surface area contributed by atoms with Crippen LogP contribution in [0.1, 0.15) is 0 Å². The van der Waals surface area contributed by atoms with Crippen molar-refractivity contribution in [2.45, 2.75) is 0 Å². The smallest absolute Gasteiger partial charge is 0.192 e. The highest BCUT2D eigenvalue weighted by molar-refractivity contribution is 14.1. The maximum absolute atomic E-state index is 4.80. The average molecular weight is 261 g/mol. The van der Waals surface area contributed by atoms with Crippen LogP contribution < -0.4 is 0 Å². The minimum Gasteiger partial charge on any atom is -0.449 e. The Kier molecular flexibility index (Phi) is 1.65. The molecule has 0 aliphatic heterocycles. The van der Waals surface area contributed by atoms with Crippen molar-refractivity contribution in [1.29, 1.82) is 0 Å². The summed E-state index contributed by atoms with van der Waals surface area (Å²) in [5.41, 5.74) is 0. The van der Waals surface area contributed by atoms with Gasteiger partial charge in [0, 0.05) is 6.20 Å². The maximum Gasteiger partial charge on any atom is 0.192 e. The summed E-state index contributed by atoms with van der Waals surface area (Å²) < 4.78 is 7.54. The predicted molar refractivity (Wildman–Crippen MR) is 46.3 cm³/mol. The van der Waals surface area contributed by atoms with Crippen molar-refractivity contribution in [2.75, 3.05) is 0 Å². The first-order chi connectivity index (χ1) is 5.36. The molecule has 2 rings (SSSR count).